The molecule has 1 saturated carbocycles. The van der Waals surface area contributed by atoms with E-state index in [-0.39, 0.29) is 17.7 Å². The third-order valence-electron chi connectivity index (χ3n) is 5.34. The van der Waals surface area contributed by atoms with E-state index in [0.717, 1.165) is 23.9 Å². The number of hydrogen-bond acceptors (Lipinski definition) is 3. The van der Waals surface area contributed by atoms with Gasteiger partial charge in [0.2, 0.25) is 5.91 Å². The normalized spacial score (nSPS) is 14.9. The maximum Gasteiger partial charge on any atom is 0.419 e. The number of aromatic nitrogens is 1. The van der Waals surface area contributed by atoms with Crippen molar-refractivity contribution in [2.75, 3.05) is 0 Å². The average molecular weight is 399 g/mol. The zero-order valence-corrected chi connectivity index (χ0v) is 16.6. The Morgan fingerprint density at radius 1 is 1.21 bits per heavy atom. The van der Waals surface area contributed by atoms with E-state index in [1.54, 1.807) is 10.6 Å². The molecule has 1 atom stereocenters. The summed E-state index contributed by atoms with van der Waals surface area (Å²) >= 11 is 5.99. The van der Waals surface area contributed by atoms with E-state index in [1.165, 1.54) is 0 Å². The number of amides is 1. The number of carbonyl (C=O) groups is 1. The molecule has 1 aliphatic rings. The van der Waals surface area contributed by atoms with Gasteiger partial charge in [0, 0.05) is 24.0 Å². The smallest absolute Gasteiger partial charge is 0.408 e. The highest BCUT2D eigenvalue weighted by atomic mass is 35.5. The summed E-state index contributed by atoms with van der Waals surface area (Å²) in [4.78, 5) is 27.0. The summed E-state index contributed by atoms with van der Waals surface area (Å²) in [6.45, 7) is 2.53. The van der Waals surface area contributed by atoms with Crippen molar-refractivity contribution in [1.82, 2.24) is 9.47 Å². The first-order valence-electron chi connectivity index (χ1n) is 9.69. The van der Waals surface area contributed by atoms with Crippen LogP contribution in [0.5, 0.6) is 0 Å². The van der Waals surface area contributed by atoms with Gasteiger partial charge in [-0.2, -0.15) is 0 Å². The standard InChI is InChI=1S/C22H23ClN2O3/c1-15(16-8-10-17(23)11-9-16)25(18-12-13-18)21(26)7-4-14-24-19-5-2-3-6-20(19)28-22(24)27/h2-3,5-6,8-11,15,18H,4,7,12-14H2,1H3/t15-/m1/s1. The van der Waals surface area contributed by atoms with Gasteiger partial charge in [0.1, 0.15) is 0 Å². The van der Waals surface area contributed by atoms with Crippen molar-refractivity contribution >= 4 is 28.6 Å². The van der Waals surface area contributed by atoms with Gasteiger partial charge in [-0.25, -0.2) is 4.79 Å². The fourth-order valence-corrected chi connectivity index (χ4v) is 3.86. The number of aryl methyl sites for hydroxylation is 1. The van der Waals surface area contributed by atoms with Crippen LogP contribution < -0.4 is 5.76 Å². The fraction of sp³-hybridized carbons (Fsp3) is 0.364. The van der Waals surface area contributed by atoms with Crippen LogP contribution in [0, 0.1) is 0 Å². The quantitative estimate of drug-likeness (QED) is 0.575. The number of carbonyl (C=O) groups excluding carboxylic acids is 1. The van der Waals surface area contributed by atoms with E-state index >= 15 is 0 Å². The van der Waals surface area contributed by atoms with Gasteiger partial charge in [-0.05, 0) is 56.0 Å². The highest BCUT2D eigenvalue weighted by Crippen LogP contribution is 2.35. The molecule has 3 aromatic rings. The molecule has 1 heterocycles. The summed E-state index contributed by atoms with van der Waals surface area (Å²) in [5, 5.41) is 0.693. The van der Waals surface area contributed by atoms with Gasteiger partial charge in [-0.3, -0.25) is 9.36 Å². The summed E-state index contributed by atoms with van der Waals surface area (Å²) < 4.78 is 6.86. The Morgan fingerprint density at radius 2 is 1.93 bits per heavy atom. The summed E-state index contributed by atoms with van der Waals surface area (Å²) in [7, 11) is 0. The Kier molecular flexibility index (Phi) is 5.27. The third kappa shape index (κ3) is 3.85. The molecule has 0 N–H and O–H groups in total. The molecule has 0 spiro atoms. The number of oxazole rings is 1. The lowest BCUT2D eigenvalue weighted by Crippen LogP contribution is -2.35. The molecule has 5 nitrogen and oxygen atoms in total. The maximum atomic E-state index is 13.0. The van der Waals surface area contributed by atoms with Crippen LogP contribution in [0.4, 0.5) is 0 Å². The largest absolute Gasteiger partial charge is 0.419 e. The number of nitrogens with zero attached hydrogens (tertiary/aromatic N) is 2. The van der Waals surface area contributed by atoms with Gasteiger partial charge in [0.05, 0.1) is 11.6 Å². The summed E-state index contributed by atoms with van der Waals surface area (Å²) in [6.07, 6.45) is 3.10. The predicted molar refractivity (Wildman–Crippen MR) is 109 cm³/mol. The molecule has 0 saturated heterocycles. The molecule has 2 aromatic carbocycles. The van der Waals surface area contributed by atoms with Crippen molar-refractivity contribution in [1.29, 1.82) is 0 Å². The van der Waals surface area contributed by atoms with E-state index in [1.807, 2.05) is 47.4 Å². The Balaban J connectivity index is 1.43. The molecule has 1 amide bonds. The maximum absolute atomic E-state index is 13.0. The van der Waals surface area contributed by atoms with E-state index in [9.17, 15) is 9.59 Å². The van der Waals surface area contributed by atoms with E-state index in [4.69, 9.17) is 16.0 Å². The number of rotatable bonds is 7. The first-order valence-corrected chi connectivity index (χ1v) is 10.1. The lowest BCUT2D eigenvalue weighted by Gasteiger charge is -2.30. The highest BCUT2D eigenvalue weighted by molar-refractivity contribution is 6.30. The lowest BCUT2D eigenvalue weighted by molar-refractivity contribution is -0.134. The second-order valence-corrected chi connectivity index (χ2v) is 7.79. The van der Waals surface area contributed by atoms with Gasteiger partial charge < -0.3 is 9.32 Å². The van der Waals surface area contributed by atoms with Gasteiger partial charge in [0.25, 0.3) is 0 Å². The Hall–Kier alpha value is -2.53. The molecule has 1 aliphatic carbocycles. The van der Waals surface area contributed by atoms with E-state index in [0.29, 0.717) is 36.0 Å². The fourth-order valence-electron chi connectivity index (χ4n) is 3.73. The number of fused-ring (bicyclic) bond motifs is 1. The molecule has 0 bridgehead atoms. The SMILES string of the molecule is C[C@H](c1ccc(Cl)cc1)N(C(=O)CCCn1c(=O)oc2ccccc21)C1CC1. The van der Waals surface area contributed by atoms with Gasteiger partial charge in [-0.1, -0.05) is 35.9 Å². The van der Waals surface area contributed by atoms with Gasteiger partial charge in [-0.15, -0.1) is 0 Å². The van der Waals surface area contributed by atoms with Crippen LogP contribution in [0.25, 0.3) is 11.1 Å². The average Bonchev–Trinajstić information content (AvgIpc) is 3.46. The number of benzene rings is 2. The zero-order chi connectivity index (χ0) is 19.7. The van der Waals surface area contributed by atoms with Crippen molar-refractivity contribution in [3.8, 4) is 0 Å². The second-order valence-electron chi connectivity index (χ2n) is 7.35. The molecule has 0 aliphatic heterocycles. The van der Waals surface area contributed by atoms with Crippen molar-refractivity contribution in [3.05, 3.63) is 69.7 Å². The van der Waals surface area contributed by atoms with Crippen molar-refractivity contribution < 1.29 is 9.21 Å². The Labute approximate surface area is 168 Å². The molecule has 4 rings (SSSR count). The Morgan fingerprint density at radius 3 is 2.64 bits per heavy atom. The molecular formula is C22H23ClN2O3. The highest BCUT2D eigenvalue weighted by Gasteiger charge is 2.35. The van der Waals surface area contributed by atoms with E-state index in [2.05, 4.69) is 6.92 Å². The van der Waals surface area contributed by atoms with Gasteiger partial charge >= 0.3 is 5.76 Å². The minimum absolute atomic E-state index is 0.00902. The molecule has 146 valence electrons. The molecule has 0 radical (unpaired) electrons. The third-order valence-corrected chi connectivity index (χ3v) is 5.60. The molecular weight excluding hydrogens is 376 g/mol. The van der Waals surface area contributed by atoms with Crippen molar-refractivity contribution in [2.45, 2.75) is 51.2 Å². The minimum atomic E-state index is -0.373. The Bertz CT molecular complexity index is 1030. The van der Waals surface area contributed by atoms with Crippen molar-refractivity contribution in [3.63, 3.8) is 0 Å². The first kappa shape index (κ1) is 18.8. The predicted octanol–water partition coefficient (Wildman–Crippen LogP) is 4.78. The molecule has 0 unspecified atom stereocenters. The number of halogens is 1. The lowest BCUT2D eigenvalue weighted by atomic mass is 10.1. The number of para-hydroxylation sites is 2. The van der Waals surface area contributed by atoms with Crippen LogP contribution in [0.15, 0.2) is 57.7 Å². The molecule has 28 heavy (non-hydrogen) atoms. The molecule has 1 aromatic heterocycles. The molecule has 1 fully saturated rings. The zero-order valence-electron chi connectivity index (χ0n) is 15.8. The second kappa shape index (κ2) is 7.84. The molecule has 6 heteroatoms. The van der Waals surface area contributed by atoms with Crippen LogP contribution in [-0.2, 0) is 11.3 Å². The van der Waals surface area contributed by atoms with Crippen LogP contribution in [0.2, 0.25) is 5.02 Å². The summed E-state index contributed by atoms with van der Waals surface area (Å²) in [5.41, 5.74) is 2.44. The topological polar surface area (TPSA) is 55.5 Å². The van der Waals surface area contributed by atoms with Crippen molar-refractivity contribution in [2.24, 2.45) is 0 Å². The minimum Gasteiger partial charge on any atom is -0.408 e. The summed E-state index contributed by atoms with van der Waals surface area (Å²) in [5.74, 6) is -0.243. The number of hydrogen-bond donors (Lipinski definition) is 0. The summed E-state index contributed by atoms with van der Waals surface area (Å²) in [6, 6.07) is 15.4. The van der Waals surface area contributed by atoms with Crippen LogP contribution in [0.1, 0.15) is 44.2 Å². The first-order chi connectivity index (χ1) is 13.5. The van der Waals surface area contributed by atoms with Crippen LogP contribution >= 0.6 is 11.6 Å². The van der Waals surface area contributed by atoms with Gasteiger partial charge in [0.15, 0.2) is 5.58 Å². The van der Waals surface area contributed by atoms with Crippen LogP contribution in [0.3, 0.4) is 0 Å². The van der Waals surface area contributed by atoms with E-state index < -0.39 is 0 Å². The monoisotopic (exact) mass is 398 g/mol. The van der Waals surface area contributed by atoms with Crippen LogP contribution in [-0.4, -0.2) is 21.4 Å².